The Morgan fingerprint density at radius 2 is 2.11 bits per heavy atom. The molecular weight excluding hydrogens is 246 g/mol. The second-order valence-corrected chi connectivity index (χ2v) is 5.59. The molecule has 6 nitrogen and oxygen atoms in total. The number of hydrogen-bond donors (Lipinski definition) is 1. The van der Waals surface area contributed by atoms with E-state index in [1.807, 2.05) is 6.07 Å². The summed E-state index contributed by atoms with van der Waals surface area (Å²) in [5.41, 5.74) is -0.0990. The Kier molecular flexibility index (Phi) is 3.65. The van der Waals surface area contributed by atoms with Gasteiger partial charge in [-0.25, -0.2) is 4.79 Å². The monoisotopic (exact) mass is 265 g/mol. The van der Waals surface area contributed by atoms with Crippen molar-refractivity contribution in [1.82, 2.24) is 9.80 Å². The predicted octanol–water partition coefficient (Wildman–Crippen LogP) is 1.28. The van der Waals surface area contributed by atoms with Crippen LogP contribution < -0.4 is 0 Å². The molecule has 0 aromatic rings. The van der Waals surface area contributed by atoms with E-state index in [4.69, 9.17) is 5.26 Å². The van der Waals surface area contributed by atoms with Gasteiger partial charge >= 0.3 is 6.09 Å². The molecule has 1 N–H and O–H groups in total. The highest BCUT2D eigenvalue weighted by Crippen LogP contribution is 2.47. The van der Waals surface area contributed by atoms with Crippen LogP contribution in [-0.4, -0.2) is 53.1 Å². The number of carbonyl (C=O) groups is 2. The number of carbonyl (C=O) groups excluding carboxylic acids is 1. The second kappa shape index (κ2) is 5.08. The Morgan fingerprint density at radius 3 is 2.63 bits per heavy atom. The Labute approximate surface area is 112 Å². The number of rotatable bonds is 2. The number of hydrogen-bond acceptors (Lipinski definition) is 3. The number of carboxylic acid groups (broad SMARTS) is 1. The maximum absolute atomic E-state index is 11.9. The molecule has 6 heteroatoms. The van der Waals surface area contributed by atoms with Gasteiger partial charge in [-0.1, -0.05) is 12.8 Å². The van der Waals surface area contributed by atoms with Crippen LogP contribution in [0.15, 0.2) is 0 Å². The third-order valence-corrected chi connectivity index (χ3v) is 4.56. The first-order chi connectivity index (χ1) is 9.00. The first-order valence-corrected chi connectivity index (χ1v) is 6.61. The Morgan fingerprint density at radius 1 is 1.47 bits per heavy atom. The predicted molar refractivity (Wildman–Crippen MR) is 67.3 cm³/mol. The Bertz CT molecular complexity index is 423. The lowest BCUT2D eigenvalue weighted by molar-refractivity contribution is -0.129. The van der Waals surface area contributed by atoms with E-state index >= 15 is 0 Å². The van der Waals surface area contributed by atoms with Gasteiger partial charge in [0.05, 0.1) is 12.1 Å². The zero-order valence-corrected chi connectivity index (χ0v) is 11.1. The minimum atomic E-state index is -0.953. The van der Waals surface area contributed by atoms with Crippen LogP contribution in [0.3, 0.4) is 0 Å². The van der Waals surface area contributed by atoms with Crippen molar-refractivity contribution < 1.29 is 14.7 Å². The van der Waals surface area contributed by atoms with Gasteiger partial charge in [0.25, 0.3) is 0 Å². The first kappa shape index (κ1) is 13.7. The molecule has 19 heavy (non-hydrogen) atoms. The van der Waals surface area contributed by atoms with Crippen LogP contribution >= 0.6 is 0 Å². The van der Waals surface area contributed by atoms with Crippen molar-refractivity contribution in [1.29, 1.82) is 5.26 Å². The van der Waals surface area contributed by atoms with Gasteiger partial charge < -0.3 is 14.9 Å². The number of nitrogens with zero attached hydrogens (tertiary/aromatic N) is 3. The molecule has 104 valence electrons. The number of likely N-dealkylation sites (N-methyl/N-ethyl adjacent to an activating group) is 1. The Balaban J connectivity index is 2.19. The summed E-state index contributed by atoms with van der Waals surface area (Å²) in [6.45, 7) is 1.01. The maximum atomic E-state index is 11.9. The molecule has 2 rings (SSSR count). The third-order valence-electron chi connectivity index (χ3n) is 4.56. The molecule has 2 amide bonds. The van der Waals surface area contributed by atoms with Gasteiger partial charge in [-0.2, -0.15) is 5.26 Å². The smallest absolute Gasteiger partial charge is 0.407 e. The molecule has 0 radical (unpaired) electrons. The van der Waals surface area contributed by atoms with Crippen molar-refractivity contribution in [2.45, 2.75) is 38.1 Å². The van der Waals surface area contributed by atoms with E-state index in [1.165, 1.54) is 4.90 Å². The highest BCUT2D eigenvalue weighted by molar-refractivity contribution is 5.79. The lowest BCUT2D eigenvalue weighted by Gasteiger charge is -2.34. The lowest BCUT2D eigenvalue weighted by atomic mass is 9.80. The highest BCUT2D eigenvalue weighted by Gasteiger charge is 2.51. The molecule has 1 saturated carbocycles. The van der Waals surface area contributed by atoms with Crippen molar-refractivity contribution in [3.8, 4) is 6.07 Å². The van der Waals surface area contributed by atoms with Gasteiger partial charge in [0.1, 0.15) is 6.42 Å². The number of nitriles is 1. The molecule has 1 spiro atoms. The minimum Gasteiger partial charge on any atom is -0.465 e. The number of likely N-dealkylation sites (tertiary alicyclic amines) is 1. The van der Waals surface area contributed by atoms with Crippen LogP contribution in [0, 0.1) is 16.7 Å². The molecule has 0 aromatic heterocycles. The van der Waals surface area contributed by atoms with Gasteiger partial charge in [0, 0.05) is 25.6 Å². The topological polar surface area (TPSA) is 84.6 Å². The van der Waals surface area contributed by atoms with Crippen LogP contribution in [0.5, 0.6) is 0 Å². The van der Waals surface area contributed by atoms with Gasteiger partial charge in [-0.05, 0) is 12.8 Å². The van der Waals surface area contributed by atoms with Crippen LogP contribution in [0.1, 0.15) is 32.1 Å². The molecule has 2 aliphatic rings. The van der Waals surface area contributed by atoms with Crippen molar-refractivity contribution in [3.05, 3.63) is 0 Å². The van der Waals surface area contributed by atoms with Crippen LogP contribution in [-0.2, 0) is 4.79 Å². The zero-order valence-electron chi connectivity index (χ0n) is 11.1. The van der Waals surface area contributed by atoms with Gasteiger partial charge in [-0.15, -0.1) is 0 Å². The van der Waals surface area contributed by atoms with Crippen LogP contribution in [0.4, 0.5) is 4.79 Å². The molecular formula is C13H19N3O3. The van der Waals surface area contributed by atoms with Gasteiger partial charge in [0.2, 0.25) is 5.91 Å². The van der Waals surface area contributed by atoms with Crippen molar-refractivity contribution in [2.75, 3.05) is 20.1 Å². The number of amides is 2. The van der Waals surface area contributed by atoms with E-state index in [2.05, 4.69) is 0 Å². The van der Waals surface area contributed by atoms with Crippen molar-refractivity contribution in [2.24, 2.45) is 5.41 Å². The first-order valence-electron chi connectivity index (χ1n) is 6.61. The largest absolute Gasteiger partial charge is 0.465 e. The van der Waals surface area contributed by atoms with Crippen LogP contribution in [0.2, 0.25) is 0 Å². The fraction of sp³-hybridized carbons (Fsp3) is 0.769. The van der Waals surface area contributed by atoms with E-state index in [1.54, 1.807) is 11.9 Å². The summed E-state index contributed by atoms with van der Waals surface area (Å²) >= 11 is 0. The van der Waals surface area contributed by atoms with Crippen LogP contribution in [0.25, 0.3) is 0 Å². The van der Waals surface area contributed by atoms with E-state index in [0.717, 1.165) is 25.7 Å². The minimum absolute atomic E-state index is 0.0990. The quantitative estimate of drug-likeness (QED) is 0.815. The molecule has 1 aliphatic heterocycles. The van der Waals surface area contributed by atoms with Crippen molar-refractivity contribution >= 4 is 12.0 Å². The fourth-order valence-electron chi connectivity index (χ4n) is 3.56. The summed E-state index contributed by atoms with van der Waals surface area (Å²) in [6, 6.07) is 1.73. The summed E-state index contributed by atoms with van der Waals surface area (Å²) in [4.78, 5) is 26.1. The van der Waals surface area contributed by atoms with Gasteiger partial charge in [0.15, 0.2) is 0 Å². The molecule has 1 heterocycles. The molecule has 1 aliphatic carbocycles. The zero-order chi connectivity index (χ0) is 14.0. The Hall–Kier alpha value is -1.77. The van der Waals surface area contributed by atoms with E-state index in [9.17, 15) is 14.7 Å². The summed E-state index contributed by atoms with van der Waals surface area (Å²) in [5, 5.41) is 17.8. The fourth-order valence-corrected chi connectivity index (χ4v) is 3.56. The standard InChI is InChI=1S/C13H19N3O3/c1-15(12(18)19)10-8-16(11(17)4-7-14)9-13(10)5-2-3-6-13/h10H,2-6,8-9H2,1H3,(H,18,19). The SMILES string of the molecule is CN(C(=O)O)C1CN(C(=O)CC#N)CC12CCCC2. The second-order valence-electron chi connectivity index (χ2n) is 5.59. The molecule has 1 unspecified atom stereocenters. The van der Waals surface area contributed by atoms with Crippen molar-refractivity contribution in [3.63, 3.8) is 0 Å². The third kappa shape index (κ3) is 2.37. The van der Waals surface area contributed by atoms with E-state index in [-0.39, 0.29) is 23.8 Å². The maximum Gasteiger partial charge on any atom is 0.407 e. The highest BCUT2D eigenvalue weighted by atomic mass is 16.4. The summed E-state index contributed by atoms with van der Waals surface area (Å²) in [5.74, 6) is -0.185. The summed E-state index contributed by atoms with van der Waals surface area (Å²) in [7, 11) is 1.57. The van der Waals surface area contributed by atoms with E-state index < -0.39 is 6.09 Å². The van der Waals surface area contributed by atoms with E-state index in [0.29, 0.717) is 13.1 Å². The van der Waals surface area contributed by atoms with Gasteiger partial charge in [-0.3, -0.25) is 4.79 Å². The summed E-state index contributed by atoms with van der Waals surface area (Å²) in [6.07, 6.45) is 3.02. The molecule has 1 saturated heterocycles. The molecule has 1 atom stereocenters. The lowest BCUT2D eigenvalue weighted by Crippen LogP contribution is -2.46. The molecule has 2 fully saturated rings. The normalized spacial score (nSPS) is 24.4. The molecule has 0 bridgehead atoms. The average Bonchev–Trinajstić information content (AvgIpc) is 2.97. The average molecular weight is 265 g/mol. The molecule has 0 aromatic carbocycles. The summed E-state index contributed by atoms with van der Waals surface area (Å²) < 4.78 is 0.